The highest BCUT2D eigenvalue weighted by Gasteiger charge is 2.19. The molecule has 0 radical (unpaired) electrons. The molecular weight excluding hydrogens is 210 g/mol. The Bertz CT molecular complexity index is 350. The van der Waals surface area contributed by atoms with Crippen molar-refractivity contribution in [2.24, 2.45) is 0 Å². The summed E-state index contributed by atoms with van der Waals surface area (Å²) in [6, 6.07) is 8.60. The van der Waals surface area contributed by atoms with Crippen molar-refractivity contribution in [3.63, 3.8) is 0 Å². The molecule has 1 heterocycles. The minimum absolute atomic E-state index is 0.257. The molecule has 2 nitrogen and oxygen atoms in total. The molecule has 1 fully saturated rings. The zero-order chi connectivity index (χ0) is 12.3. The van der Waals surface area contributed by atoms with Gasteiger partial charge in [-0.15, -0.1) is 0 Å². The molecule has 1 aromatic carbocycles. The highest BCUT2D eigenvalue weighted by Crippen LogP contribution is 2.28. The van der Waals surface area contributed by atoms with Crippen LogP contribution in [0, 0.1) is 0 Å². The van der Waals surface area contributed by atoms with Gasteiger partial charge >= 0.3 is 0 Å². The monoisotopic (exact) mass is 233 g/mol. The Balaban J connectivity index is 2.02. The standard InChI is InChI=1S/C15H23NO/c1-4-15(2,3)12-5-7-13(8-6-12)17-14-9-10-16-11-14/h5-8,14,16H,4,9-11H2,1-3H3/t14-/m0/s1. The van der Waals surface area contributed by atoms with Crippen LogP contribution in [0.1, 0.15) is 39.2 Å². The fourth-order valence-corrected chi connectivity index (χ4v) is 2.11. The number of rotatable bonds is 4. The molecule has 17 heavy (non-hydrogen) atoms. The Labute approximate surface area is 104 Å². The van der Waals surface area contributed by atoms with Crippen molar-refractivity contribution >= 4 is 0 Å². The van der Waals surface area contributed by atoms with E-state index < -0.39 is 0 Å². The maximum Gasteiger partial charge on any atom is 0.119 e. The van der Waals surface area contributed by atoms with Gasteiger partial charge in [-0.2, -0.15) is 0 Å². The van der Waals surface area contributed by atoms with E-state index in [4.69, 9.17) is 4.74 Å². The molecule has 94 valence electrons. The third kappa shape index (κ3) is 3.01. The van der Waals surface area contributed by atoms with Gasteiger partial charge in [0.05, 0.1) is 0 Å². The number of benzene rings is 1. The summed E-state index contributed by atoms with van der Waals surface area (Å²) in [5.74, 6) is 0.995. The fraction of sp³-hybridized carbons (Fsp3) is 0.600. The lowest BCUT2D eigenvalue weighted by Gasteiger charge is -2.23. The average molecular weight is 233 g/mol. The number of ether oxygens (including phenoxy) is 1. The van der Waals surface area contributed by atoms with Crippen LogP contribution in [0.25, 0.3) is 0 Å². The van der Waals surface area contributed by atoms with E-state index in [2.05, 4.69) is 50.4 Å². The molecule has 0 saturated carbocycles. The van der Waals surface area contributed by atoms with E-state index in [1.165, 1.54) is 5.56 Å². The molecule has 0 aliphatic carbocycles. The van der Waals surface area contributed by atoms with Crippen LogP contribution >= 0.6 is 0 Å². The zero-order valence-electron chi connectivity index (χ0n) is 11.1. The van der Waals surface area contributed by atoms with Crippen LogP contribution < -0.4 is 10.1 Å². The van der Waals surface area contributed by atoms with Crippen molar-refractivity contribution in [1.29, 1.82) is 0 Å². The quantitative estimate of drug-likeness (QED) is 0.862. The second kappa shape index (κ2) is 5.09. The lowest BCUT2D eigenvalue weighted by Crippen LogP contribution is -2.20. The van der Waals surface area contributed by atoms with Gasteiger partial charge in [-0.3, -0.25) is 0 Å². The van der Waals surface area contributed by atoms with Crippen molar-refractivity contribution in [3.05, 3.63) is 29.8 Å². The van der Waals surface area contributed by atoms with E-state index in [9.17, 15) is 0 Å². The summed E-state index contributed by atoms with van der Waals surface area (Å²) in [7, 11) is 0. The van der Waals surface area contributed by atoms with E-state index in [0.717, 1.165) is 31.7 Å². The molecule has 0 spiro atoms. The Morgan fingerprint density at radius 3 is 2.53 bits per heavy atom. The van der Waals surface area contributed by atoms with Crippen LogP contribution in [-0.4, -0.2) is 19.2 Å². The largest absolute Gasteiger partial charge is 0.489 e. The molecule has 1 aromatic rings. The molecule has 0 bridgehead atoms. The maximum absolute atomic E-state index is 5.91. The molecule has 2 heteroatoms. The van der Waals surface area contributed by atoms with Crippen LogP contribution in [0.4, 0.5) is 0 Å². The molecule has 1 N–H and O–H groups in total. The van der Waals surface area contributed by atoms with Crippen molar-refractivity contribution in [2.45, 2.75) is 45.1 Å². The Morgan fingerprint density at radius 1 is 1.29 bits per heavy atom. The summed E-state index contributed by atoms with van der Waals surface area (Å²) in [4.78, 5) is 0. The van der Waals surface area contributed by atoms with Crippen molar-refractivity contribution in [2.75, 3.05) is 13.1 Å². The number of nitrogens with one attached hydrogen (secondary N) is 1. The van der Waals surface area contributed by atoms with E-state index in [-0.39, 0.29) is 5.41 Å². The van der Waals surface area contributed by atoms with Crippen LogP contribution in [-0.2, 0) is 5.41 Å². The minimum atomic E-state index is 0.257. The molecule has 1 atom stereocenters. The third-order valence-electron chi connectivity index (χ3n) is 3.84. The van der Waals surface area contributed by atoms with Gasteiger partial charge in [0.25, 0.3) is 0 Å². The van der Waals surface area contributed by atoms with Crippen LogP contribution in [0.3, 0.4) is 0 Å². The van der Waals surface area contributed by atoms with Gasteiger partial charge in [0, 0.05) is 6.54 Å². The normalized spacial score (nSPS) is 20.5. The fourth-order valence-electron chi connectivity index (χ4n) is 2.11. The summed E-state index contributed by atoms with van der Waals surface area (Å²) in [5, 5.41) is 3.31. The highest BCUT2D eigenvalue weighted by atomic mass is 16.5. The Kier molecular flexibility index (Phi) is 3.72. The van der Waals surface area contributed by atoms with E-state index in [1.807, 2.05) is 0 Å². The van der Waals surface area contributed by atoms with Gasteiger partial charge in [-0.05, 0) is 42.5 Å². The summed E-state index contributed by atoms with van der Waals surface area (Å²) >= 11 is 0. The topological polar surface area (TPSA) is 21.3 Å². The molecule has 0 aromatic heterocycles. The molecule has 1 saturated heterocycles. The third-order valence-corrected chi connectivity index (χ3v) is 3.84. The van der Waals surface area contributed by atoms with E-state index >= 15 is 0 Å². The smallest absolute Gasteiger partial charge is 0.119 e. The van der Waals surface area contributed by atoms with Crippen molar-refractivity contribution in [1.82, 2.24) is 5.32 Å². The molecule has 1 aliphatic heterocycles. The summed E-state index contributed by atoms with van der Waals surface area (Å²) in [5.41, 5.74) is 1.64. The van der Waals surface area contributed by atoms with Gasteiger partial charge in [-0.25, -0.2) is 0 Å². The van der Waals surface area contributed by atoms with Crippen molar-refractivity contribution in [3.8, 4) is 5.75 Å². The molecule has 0 unspecified atom stereocenters. The molecular formula is C15H23NO. The zero-order valence-corrected chi connectivity index (χ0v) is 11.1. The predicted octanol–water partition coefficient (Wildman–Crippen LogP) is 3.11. The first-order chi connectivity index (χ1) is 8.12. The Morgan fingerprint density at radius 2 is 2.00 bits per heavy atom. The lowest BCUT2D eigenvalue weighted by atomic mass is 9.82. The average Bonchev–Trinajstić information content (AvgIpc) is 2.83. The van der Waals surface area contributed by atoms with Crippen LogP contribution in [0.15, 0.2) is 24.3 Å². The predicted molar refractivity (Wildman–Crippen MR) is 71.7 cm³/mol. The SMILES string of the molecule is CCC(C)(C)c1ccc(O[C@H]2CCNC2)cc1. The first kappa shape index (κ1) is 12.4. The Hall–Kier alpha value is -1.02. The maximum atomic E-state index is 5.91. The summed E-state index contributed by atoms with van der Waals surface area (Å²) in [6.07, 6.45) is 2.61. The van der Waals surface area contributed by atoms with Gasteiger partial charge in [-0.1, -0.05) is 32.9 Å². The minimum Gasteiger partial charge on any atom is -0.489 e. The van der Waals surface area contributed by atoms with Gasteiger partial charge in [0.1, 0.15) is 11.9 Å². The summed E-state index contributed by atoms with van der Waals surface area (Å²) in [6.45, 7) is 8.84. The highest BCUT2D eigenvalue weighted by molar-refractivity contribution is 5.31. The van der Waals surface area contributed by atoms with E-state index in [1.54, 1.807) is 0 Å². The van der Waals surface area contributed by atoms with Gasteiger partial charge in [0.2, 0.25) is 0 Å². The van der Waals surface area contributed by atoms with E-state index in [0.29, 0.717) is 6.10 Å². The molecule has 0 amide bonds. The van der Waals surface area contributed by atoms with Gasteiger partial charge in [0.15, 0.2) is 0 Å². The number of hydrogen-bond acceptors (Lipinski definition) is 2. The first-order valence-corrected chi connectivity index (χ1v) is 6.60. The lowest BCUT2D eigenvalue weighted by molar-refractivity contribution is 0.223. The van der Waals surface area contributed by atoms with Crippen LogP contribution in [0.2, 0.25) is 0 Å². The van der Waals surface area contributed by atoms with Crippen LogP contribution in [0.5, 0.6) is 5.75 Å². The summed E-state index contributed by atoms with van der Waals surface area (Å²) < 4.78 is 5.91. The number of hydrogen-bond donors (Lipinski definition) is 1. The molecule has 1 aliphatic rings. The second-order valence-electron chi connectivity index (χ2n) is 5.49. The first-order valence-electron chi connectivity index (χ1n) is 6.60. The van der Waals surface area contributed by atoms with Gasteiger partial charge < -0.3 is 10.1 Å². The molecule has 2 rings (SSSR count). The van der Waals surface area contributed by atoms with Crippen molar-refractivity contribution < 1.29 is 4.74 Å². The second-order valence-corrected chi connectivity index (χ2v) is 5.49.